The number of rotatable bonds is 4. The quantitative estimate of drug-likeness (QED) is 0.637. The van der Waals surface area contributed by atoms with Gasteiger partial charge in [0.15, 0.2) is 0 Å². The fourth-order valence-electron chi connectivity index (χ4n) is 2.68. The second-order valence-electron chi connectivity index (χ2n) is 5.47. The zero-order valence-electron chi connectivity index (χ0n) is 12.8. The fraction of sp³-hybridized carbons (Fsp3) is 0.235. The predicted octanol–water partition coefficient (Wildman–Crippen LogP) is 2.28. The molecule has 0 saturated carbocycles. The molecule has 0 radical (unpaired) electrons. The summed E-state index contributed by atoms with van der Waals surface area (Å²) in [5.41, 5.74) is 1.75. The van der Waals surface area contributed by atoms with Gasteiger partial charge in [0.2, 0.25) is 10.0 Å². The minimum absolute atomic E-state index is 0.176. The van der Waals surface area contributed by atoms with E-state index in [1.165, 1.54) is 11.4 Å². The van der Waals surface area contributed by atoms with Crippen molar-refractivity contribution in [2.24, 2.45) is 0 Å². The molecule has 23 heavy (non-hydrogen) atoms. The summed E-state index contributed by atoms with van der Waals surface area (Å²) in [6, 6.07) is 14.4. The zero-order valence-corrected chi connectivity index (χ0v) is 13.7. The first-order valence-electron chi connectivity index (χ1n) is 7.20. The Kier molecular flexibility index (Phi) is 3.95. The lowest BCUT2D eigenvalue weighted by molar-refractivity contribution is -0.140. The van der Waals surface area contributed by atoms with Gasteiger partial charge in [0, 0.05) is 0 Å². The molecule has 3 rings (SSSR count). The number of carbonyl (C=O) groups excluding carboxylic acids is 1. The molecule has 1 aliphatic rings. The molecule has 3 atom stereocenters. The molecule has 0 amide bonds. The van der Waals surface area contributed by atoms with E-state index in [4.69, 9.17) is 4.74 Å². The number of hydrogen-bond donors (Lipinski definition) is 0. The standard InChI is InChI=1S/C17H17NO4S/c1-12-8-10-14(11-9-12)23(20,21)18-15(16(18)17(19)22-2)13-6-4-3-5-7-13/h3-11,15-16H,1-2H3/t15?,16-,18?/m0/s1. The van der Waals surface area contributed by atoms with Gasteiger partial charge >= 0.3 is 5.97 Å². The number of benzene rings is 2. The van der Waals surface area contributed by atoms with Crippen LogP contribution in [-0.2, 0) is 19.6 Å². The van der Waals surface area contributed by atoms with E-state index in [2.05, 4.69) is 0 Å². The van der Waals surface area contributed by atoms with Crippen LogP contribution in [0.3, 0.4) is 0 Å². The van der Waals surface area contributed by atoms with Crippen LogP contribution in [0.4, 0.5) is 0 Å². The van der Waals surface area contributed by atoms with Crippen LogP contribution in [0.15, 0.2) is 59.5 Å². The van der Waals surface area contributed by atoms with Crippen molar-refractivity contribution in [1.29, 1.82) is 0 Å². The van der Waals surface area contributed by atoms with Crippen LogP contribution in [-0.4, -0.2) is 31.8 Å². The third-order valence-electron chi connectivity index (χ3n) is 3.94. The Bertz CT molecular complexity index is 815. The van der Waals surface area contributed by atoms with Crippen LogP contribution in [0.5, 0.6) is 0 Å². The molecule has 0 spiro atoms. The molecule has 2 unspecified atom stereocenters. The zero-order chi connectivity index (χ0) is 16.6. The molecule has 5 nitrogen and oxygen atoms in total. The topological polar surface area (TPSA) is 63.5 Å². The van der Waals surface area contributed by atoms with Gasteiger partial charge in [0.25, 0.3) is 0 Å². The highest BCUT2D eigenvalue weighted by molar-refractivity contribution is 7.89. The summed E-state index contributed by atoms with van der Waals surface area (Å²) in [5, 5.41) is 0. The summed E-state index contributed by atoms with van der Waals surface area (Å²) in [5.74, 6) is -0.547. The molecule has 6 heteroatoms. The van der Waals surface area contributed by atoms with Gasteiger partial charge in [0.05, 0.1) is 18.0 Å². The van der Waals surface area contributed by atoms with E-state index in [1.54, 1.807) is 24.3 Å². The Balaban J connectivity index is 1.99. The van der Waals surface area contributed by atoms with Crippen molar-refractivity contribution in [3.63, 3.8) is 0 Å². The second kappa shape index (κ2) is 5.79. The normalized spacial score (nSPS) is 23.3. The van der Waals surface area contributed by atoms with Gasteiger partial charge in [-0.1, -0.05) is 48.0 Å². The average Bonchev–Trinajstić information content (AvgIpc) is 3.32. The first kappa shape index (κ1) is 15.7. The molecule has 1 aliphatic heterocycles. The van der Waals surface area contributed by atoms with Crippen LogP contribution in [0.2, 0.25) is 0 Å². The summed E-state index contributed by atoms with van der Waals surface area (Å²) in [7, 11) is -2.49. The molecular formula is C17H17NO4S. The van der Waals surface area contributed by atoms with Gasteiger partial charge in [-0.25, -0.2) is 8.42 Å². The first-order valence-corrected chi connectivity index (χ1v) is 8.64. The molecule has 1 heterocycles. The Labute approximate surface area is 135 Å². The lowest BCUT2D eigenvalue weighted by Gasteiger charge is -2.07. The van der Waals surface area contributed by atoms with Crippen LogP contribution < -0.4 is 0 Å². The smallest absolute Gasteiger partial charge is 0.326 e. The lowest BCUT2D eigenvalue weighted by atomic mass is 10.1. The maximum atomic E-state index is 12.8. The monoisotopic (exact) mass is 331 g/mol. The number of nitrogens with zero attached hydrogens (tertiary/aromatic N) is 1. The minimum atomic E-state index is -3.75. The van der Waals surface area contributed by atoms with E-state index in [-0.39, 0.29) is 4.90 Å². The van der Waals surface area contributed by atoms with Crippen LogP contribution in [0.25, 0.3) is 0 Å². The molecular weight excluding hydrogens is 314 g/mol. The molecule has 0 aliphatic carbocycles. The molecule has 120 valence electrons. The highest BCUT2D eigenvalue weighted by Gasteiger charge is 2.61. The van der Waals surface area contributed by atoms with E-state index >= 15 is 0 Å². The lowest BCUT2D eigenvalue weighted by Crippen LogP contribution is -2.20. The summed E-state index contributed by atoms with van der Waals surface area (Å²) >= 11 is 0. The van der Waals surface area contributed by atoms with E-state index in [1.807, 2.05) is 37.3 Å². The number of aryl methyl sites for hydroxylation is 1. The van der Waals surface area contributed by atoms with Crippen LogP contribution >= 0.6 is 0 Å². The highest BCUT2D eigenvalue weighted by Crippen LogP contribution is 2.48. The van der Waals surface area contributed by atoms with Crippen molar-refractivity contribution in [1.82, 2.24) is 4.31 Å². The van der Waals surface area contributed by atoms with E-state index < -0.39 is 28.1 Å². The van der Waals surface area contributed by atoms with E-state index in [0.717, 1.165) is 11.1 Å². The van der Waals surface area contributed by atoms with Crippen LogP contribution in [0, 0.1) is 6.92 Å². The molecule has 2 aromatic rings. The highest BCUT2D eigenvalue weighted by atomic mass is 32.2. The Hall–Kier alpha value is -2.18. The predicted molar refractivity (Wildman–Crippen MR) is 85.2 cm³/mol. The summed E-state index contributed by atoms with van der Waals surface area (Å²) in [4.78, 5) is 12.1. The molecule has 2 aromatic carbocycles. The molecule has 0 aromatic heterocycles. The van der Waals surface area contributed by atoms with Gasteiger partial charge in [-0.05, 0) is 24.6 Å². The Morgan fingerprint density at radius 3 is 2.22 bits per heavy atom. The van der Waals surface area contributed by atoms with E-state index in [0.29, 0.717) is 0 Å². The van der Waals surface area contributed by atoms with Crippen molar-refractivity contribution in [2.75, 3.05) is 7.11 Å². The average molecular weight is 331 g/mol. The second-order valence-corrected chi connectivity index (χ2v) is 7.31. The van der Waals surface area contributed by atoms with Crippen molar-refractivity contribution >= 4 is 16.0 Å². The molecule has 0 bridgehead atoms. The summed E-state index contributed by atoms with van der Waals surface area (Å²) < 4.78 is 31.6. The van der Waals surface area contributed by atoms with Gasteiger partial charge < -0.3 is 4.74 Å². The number of ether oxygens (including phenoxy) is 1. The molecule has 0 N–H and O–H groups in total. The Morgan fingerprint density at radius 1 is 1.04 bits per heavy atom. The Morgan fingerprint density at radius 2 is 1.65 bits per heavy atom. The number of sulfonamides is 1. The summed E-state index contributed by atoms with van der Waals surface area (Å²) in [6.45, 7) is 1.89. The number of esters is 1. The third kappa shape index (κ3) is 2.75. The summed E-state index contributed by atoms with van der Waals surface area (Å²) in [6.07, 6.45) is 0. The molecule has 1 fully saturated rings. The van der Waals surface area contributed by atoms with Crippen molar-refractivity contribution in [2.45, 2.75) is 23.9 Å². The van der Waals surface area contributed by atoms with E-state index in [9.17, 15) is 13.2 Å². The SMILES string of the molecule is COC(=O)[C@@H]1C(c2ccccc2)N1S(=O)(=O)c1ccc(C)cc1. The van der Waals surface area contributed by atoms with Gasteiger partial charge in [-0.15, -0.1) is 0 Å². The number of carbonyl (C=O) groups is 1. The van der Waals surface area contributed by atoms with Crippen LogP contribution in [0.1, 0.15) is 17.2 Å². The van der Waals surface area contributed by atoms with Gasteiger partial charge in [0.1, 0.15) is 6.04 Å². The minimum Gasteiger partial charge on any atom is -0.468 e. The number of methoxy groups -OCH3 is 1. The molecule has 1 saturated heterocycles. The number of hydrogen-bond acceptors (Lipinski definition) is 4. The van der Waals surface area contributed by atoms with Crippen molar-refractivity contribution in [3.05, 3.63) is 65.7 Å². The van der Waals surface area contributed by atoms with Crippen molar-refractivity contribution < 1.29 is 17.9 Å². The van der Waals surface area contributed by atoms with Gasteiger partial charge in [-0.3, -0.25) is 4.79 Å². The maximum absolute atomic E-state index is 12.8. The fourth-order valence-corrected chi connectivity index (χ4v) is 4.38. The first-order chi connectivity index (χ1) is 11.0. The maximum Gasteiger partial charge on any atom is 0.326 e. The largest absolute Gasteiger partial charge is 0.468 e. The van der Waals surface area contributed by atoms with Crippen molar-refractivity contribution in [3.8, 4) is 0 Å². The third-order valence-corrected chi connectivity index (χ3v) is 5.82. The van der Waals surface area contributed by atoms with Gasteiger partial charge in [-0.2, -0.15) is 4.31 Å².